The fourth-order valence-electron chi connectivity index (χ4n) is 2.52. The molecule has 22 heavy (non-hydrogen) atoms. The van der Waals surface area contributed by atoms with Gasteiger partial charge in [-0.1, -0.05) is 30.3 Å². The Morgan fingerprint density at radius 2 is 2.00 bits per heavy atom. The standard InChI is InChI=1S/C18H19N3O/c1-21-13-20-16-12-15(9-10-17(16)21)18(22)19-11-5-8-14-6-3-2-4-7-14/h2-4,6-7,9-10,12-13H,5,8,11H2,1H3,(H,19,22). The largest absolute Gasteiger partial charge is 0.352 e. The molecule has 1 N–H and O–H groups in total. The molecule has 1 amide bonds. The summed E-state index contributed by atoms with van der Waals surface area (Å²) in [5, 5.41) is 2.97. The number of hydrogen-bond acceptors (Lipinski definition) is 2. The van der Waals surface area contributed by atoms with Crippen molar-refractivity contribution in [2.24, 2.45) is 7.05 Å². The SMILES string of the molecule is Cn1cnc2cc(C(=O)NCCCc3ccccc3)ccc21. The van der Waals surface area contributed by atoms with E-state index in [4.69, 9.17) is 0 Å². The van der Waals surface area contributed by atoms with E-state index in [1.807, 2.05) is 48.0 Å². The molecule has 4 nitrogen and oxygen atoms in total. The van der Waals surface area contributed by atoms with Crippen LogP contribution in [-0.2, 0) is 13.5 Å². The van der Waals surface area contributed by atoms with Crippen LogP contribution in [0.1, 0.15) is 22.3 Å². The summed E-state index contributed by atoms with van der Waals surface area (Å²) in [4.78, 5) is 16.4. The van der Waals surface area contributed by atoms with Gasteiger partial charge < -0.3 is 9.88 Å². The van der Waals surface area contributed by atoms with Crippen molar-refractivity contribution in [2.45, 2.75) is 12.8 Å². The van der Waals surface area contributed by atoms with Gasteiger partial charge in [0.05, 0.1) is 17.4 Å². The maximum absolute atomic E-state index is 12.2. The van der Waals surface area contributed by atoms with Crippen LogP contribution >= 0.6 is 0 Å². The first-order valence-corrected chi connectivity index (χ1v) is 7.47. The molecule has 0 spiro atoms. The minimum absolute atomic E-state index is 0.0411. The van der Waals surface area contributed by atoms with Crippen molar-refractivity contribution in [3.05, 3.63) is 66.0 Å². The molecule has 0 saturated heterocycles. The van der Waals surface area contributed by atoms with Gasteiger partial charge in [-0.2, -0.15) is 0 Å². The topological polar surface area (TPSA) is 46.9 Å². The molecule has 4 heteroatoms. The number of carbonyl (C=O) groups is 1. The van der Waals surface area contributed by atoms with Crippen molar-refractivity contribution in [1.82, 2.24) is 14.9 Å². The van der Waals surface area contributed by atoms with Crippen LogP contribution in [0, 0.1) is 0 Å². The Morgan fingerprint density at radius 3 is 2.82 bits per heavy atom. The highest BCUT2D eigenvalue weighted by Crippen LogP contribution is 2.13. The van der Waals surface area contributed by atoms with E-state index in [1.165, 1.54) is 5.56 Å². The Hall–Kier alpha value is -2.62. The van der Waals surface area contributed by atoms with Gasteiger partial charge in [0.25, 0.3) is 5.91 Å². The third kappa shape index (κ3) is 3.17. The molecular weight excluding hydrogens is 274 g/mol. The Morgan fingerprint density at radius 1 is 1.18 bits per heavy atom. The first-order chi connectivity index (χ1) is 10.7. The first-order valence-electron chi connectivity index (χ1n) is 7.47. The van der Waals surface area contributed by atoms with Gasteiger partial charge >= 0.3 is 0 Å². The Labute approximate surface area is 129 Å². The second-order valence-corrected chi connectivity index (χ2v) is 5.40. The number of fused-ring (bicyclic) bond motifs is 1. The summed E-state index contributed by atoms with van der Waals surface area (Å²) in [5.74, 6) is -0.0411. The number of imidazole rings is 1. The number of aryl methyl sites for hydroxylation is 2. The molecule has 2 aromatic carbocycles. The molecule has 1 aromatic heterocycles. The van der Waals surface area contributed by atoms with Crippen LogP contribution in [0.25, 0.3) is 11.0 Å². The minimum Gasteiger partial charge on any atom is -0.352 e. The van der Waals surface area contributed by atoms with Crippen LogP contribution in [0.3, 0.4) is 0 Å². The summed E-state index contributed by atoms with van der Waals surface area (Å²) in [5.41, 5.74) is 3.83. The maximum Gasteiger partial charge on any atom is 0.251 e. The zero-order valence-corrected chi connectivity index (χ0v) is 12.6. The van der Waals surface area contributed by atoms with Gasteiger partial charge in [-0.15, -0.1) is 0 Å². The lowest BCUT2D eigenvalue weighted by molar-refractivity contribution is 0.0953. The average Bonchev–Trinajstić information content (AvgIpc) is 2.93. The van der Waals surface area contributed by atoms with E-state index >= 15 is 0 Å². The molecule has 1 heterocycles. The maximum atomic E-state index is 12.2. The quantitative estimate of drug-likeness (QED) is 0.735. The first kappa shape index (κ1) is 14.3. The lowest BCUT2D eigenvalue weighted by atomic mass is 10.1. The van der Waals surface area contributed by atoms with Crippen LogP contribution < -0.4 is 5.32 Å². The highest BCUT2D eigenvalue weighted by molar-refractivity contribution is 5.97. The van der Waals surface area contributed by atoms with Crippen molar-refractivity contribution in [3.8, 4) is 0 Å². The number of nitrogens with one attached hydrogen (secondary N) is 1. The minimum atomic E-state index is -0.0411. The molecule has 0 radical (unpaired) electrons. The van der Waals surface area contributed by atoms with Gasteiger partial charge in [-0.05, 0) is 36.6 Å². The molecule has 0 aliphatic rings. The molecule has 0 bridgehead atoms. The average molecular weight is 293 g/mol. The number of hydrogen-bond donors (Lipinski definition) is 1. The predicted octanol–water partition coefficient (Wildman–Crippen LogP) is 2.94. The normalized spacial score (nSPS) is 10.8. The van der Waals surface area contributed by atoms with Crippen LogP contribution in [0.2, 0.25) is 0 Å². The van der Waals surface area contributed by atoms with Crippen molar-refractivity contribution in [1.29, 1.82) is 0 Å². The van der Waals surface area contributed by atoms with Crippen LogP contribution in [-0.4, -0.2) is 22.0 Å². The molecule has 0 atom stereocenters. The molecule has 0 unspecified atom stereocenters. The Bertz CT molecular complexity index is 777. The van der Waals surface area contributed by atoms with Gasteiger partial charge in [-0.25, -0.2) is 4.98 Å². The van der Waals surface area contributed by atoms with Crippen molar-refractivity contribution >= 4 is 16.9 Å². The van der Waals surface area contributed by atoms with E-state index < -0.39 is 0 Å². The second kappa shape index (κ2) is 6.43. The molecule has 0 aliphatic heterocycles. The van der Waals surface area contributed by atoms with Gasteiger partial charge in [0.15, 0.2) is 0 Å². The molecule has 0 saturated carbocycles. The zero-order valence-electron chi connectivity index (χ0n) is 12.6. The summed E-state index contributed by atoms with van der Waals surface area (Å²) in [6.45, 7) is 0.675. The third-order valence-corrected chi connectivity index (χ3v) is 3.76. The molecule has 3 rings (SSSR count). The van der Waals surface area contributed by atoms with Gasteiger partial charge in [0.1, 0.15) is 0 Å². The number of rotatable bonds is 5. The molecule has 0 aliphatic carbocycles. The van der Waals surface area contributed by atoms with Crippen molar-refractivity contribution in [2.75, 3.05) is 6.54 Å². The van der Waals surface area contributed by atoms with Crippen molar-refractivity contribution < 1.29 is 4.79 Å². The van der Waals surface area contributed by atoms with Gasteiger partial charge in [0.2, 0.25) is 0 Å². The van der Waals surface area contributed by atoms with Gasteiger partial charge in [0, 0.05) is 19.2 Å². The molecule has 112 valence electrons. The van der Waals surface area contributed by atoms with E-state index in [-0.39, 0.29) is 5.91 Å². The molecule has 0 fully saturated rings. The molecule has 3 aromatic rings. The summed E-state index contributed by atoms with van der Waals surface area (Å²) in [6, 6.07) is 15.9. The van der Waals surface area contributed by atoms with Crippen molar-refractivity contribution in [3.63, 3.8) is 0 Å². The van der Waals surface area contributed by atoms with E-state index in [1.54, 1.807) is 6.33 Å². The van der Waals surface area contributed by atoms with Gasteiger partial charge in [-0.3, -0.25) is 4.79 Å². The Balaban J connectivity index is 1.54. The summed E-state index contributed by atoms with van der Waals surface area (Å²) in [7, 11) is 1.94. The predicted molar refractivity (Wildman–Crippen MR) is 87.8 cm³/mol. The number of nitrogens with zero attached hydrogens (tertiary/aromatic N) is 2. The molecular formula is C18H19N3O. The highest BCUT2D eigenvalue weighted by Gasteiger charge is 2.07. The lowest BCUT2D eigenvalue weighted by Gasteiger charge is -2.06. The van der Waals surface area contributed by atoms with E-state index in [9.17, 15) is 4.79 Å². The highest BCUT2D eigenvalue weighted by atomic mass is 16.1. The van der Waals surface area contributed by atoms with Crippen LogP contribution in [0.4, 0.5) is 0 Å². The van der Waals surface area contributed by atoms with E-state index in [2.05, 4.69) is 22.4 Å². The lowest BCUT2D eigenvalue weighted by Crippen LogP contribution is -2.24. The number of benzene rings is 2. The fourth-order valence-corrected chi connectivity index (χ4v) is 2.52. The van der Waals surface area contributed by atoms with Crippen LogP contribution in [0.5, 0.6) is 0 Å². The zero-order chi connectivity index (χ0) is 15.4. The number of amides is 1. The summed E-state index contributed by atoms with van der Waals surface area (Å²) < 4.78 is 1.94. The Kier molecular flexibility index (Phi) is 4.19. The summed E-state index contributed by atoms with van der Waals surface area (Å²) >= 11 is 0. The monoisotopic (exact) mass is 293 g/mol. The smallest absolute Gasteiger partial charge is 0.251 e. The number of carbonyl (C=O) groups excluding carboxylic acids is 1. The van der Waals surface area contributed by atoms with E-state index in [0.29, 0.717) is 12.1 Å². The fraction of sp³-hybridized carbons (Fsp3) is 0.222. The van der Waals surface area contributed by atoms with Crippen LogP contribution in [0.15, 0.2) is 54.9 Å². The summed E-state index contributed by atoms with van der Waals surface area (Å²) in [6.07, 6.45) is 3.66. The number of aromatic nitrogens is 2. The third-order valence-electron chi connectivity index (χ3n) is 3.76. The second-order valence-electron chi connectivity index (χ2n) is 5.40. The van der Waals surface area contributed by atoms with E-state index in [0.717, 1.165) is 23.9 Å².